The molecule has 0 atom stereocenters. The van der Waals surface area contributed by atoms with Gasteiger partial charge in [0.1, 0.15) is 5.75 Å². The molecule has 29 heavy (non-hydrogen) atoms. The van der Waals surface area contributed by atoms with Gasteiger partial charge in [-0.25, -0.2) is 0 Å². The third-order valence-electron chi connectivity index (χ3n) is 5.30. The fourth-order valence-corrected chi connectivity index (χ4v) is 4.93. The van der Waals surface area contributed by atoms with Crippen LogP contribution in [-0.2, 0) is 0 Å². The largest absolute Gasteiger partial charge is 0.495 e. The maximum absolute atomic E-state index is 13.3. The number of nitrogens with zero attached hydrogens (tertiary/aromatic N) is 1. The smallest absolute Gasteiger partial charge is 0.259 e. The van der Waals surface area contributed by atoms with Crippen LogP contribution < -0.4 is 15.0 Å². The Labute approximate surface area is 183 Å². The van der Waals surface area contributed by atoms with Crippen LogP contribution in [-0.4, -0.2) is 26.1 Å². The topological polar surface area (TPSA) is 41.6 Å². The van der Waals surface area contributed by atoms with Crippen molar-refractivity contribution in [2.75, 3.05) is 30.4 Å². The van der Waals surface area contributed by atoms with Crippen molar-refractivity contribution in [1.29, 1.82) is 0 Å². The number of hydrogen-bond donors (Lipinski definition) is 1. The van der Waals surface area contributed by atoms with Gasteiger partial charge in [0.2, 0.25) is 0 Å². The molecule has 0 spiro atoms. The van der Waals surface area contributed by atoms with E-state index in [1.54, 1.807) is 7.11 Å². The van der Waals surface area contributed by atoms with Gasteiger partial charge in [0.25, 0.3) is 5.91 Å². The Morgan fingerprint density at radius 2 is 1.86 bits per heavy atom. The van der Waals surface area contributed by atoms with Gasteiger partial charge in [-0.2, -0.15) is 0 Å². The van der Waals surface area contributed by atoms with Crippen molar-refractivity contribution in [2.45, 2.75) is 19.3 Å². The van der Waals surface area contributed by atoms with Crippen LogP contribution in [0.4, 0.5) is 11.4 Å². The van der Waals surface area contributed by atoms with E-state index in [9.17, 15) is 4.79 Å². The molecule has 1 amide bonds. The van der Waals surface area contributed by atoms with Crippen molar-refractivity contribution < 1.29 is 9.53 Å². The molecule has 0 bridgehead atoms. The first-order valence-electron chi connectivity index (χ1n) is 9.70. The predicted octanol–water partition coefficient (Wildman–Crippen LogP) is 6.51. The summed E-state index contributed by atoms with van der Waals surface area (Å²) < 4.78 is 6.34. The Morgan fingerprint density at radius 3 is 2.62 bits per heavy atom. The molecule has 1 N–H and O–H groups in total. The second-order valence-corrected chi connectivity index (χ2v) is 8.33. The van der Waals surface area contributed by atoms with Crippen molar-refractivity contribution in [3.63, 3.8) is 0 Å². The monoisotopic (exact) mass is 472 g/mol. The first-order chi connectivity index (χ1) is 14.1. The third kappa shape index (κ3) is 3.94. The van der Waals surface area contributed by atoms with E-state index >= 15 is 0 Å². The zero-order chi connectivity index (χ0) is 20.4. The Kier molecular flexibility index (Phi) is 5.97. The molecule has 1 saturated heterocycles. The van der Waals surface area contributed by atoms with Crippen LogP contribution in [0.5, 0.6) is 5.75 Å². The Hall–Kier alpha value is -2.24. The number of halogens is 2. The number of piperidine rings is 1. The van der Waals surface area contributed by atoms with Crippen LogP contribution >= 0.6 is 27.5 Å². The van der Waals surface area contributed by atoms with Crippen LogP contribution in [0.15, 0.2) is 53.0 Å². The van der Waals surface area contributed by atoms with E-state index in [-0.39, 0.29) is 5.91 Å². The predicted molar refractivity (Wildman–Crippen MR) is 124 cm³/mol. The minimum atomic E-state index is -0.228. The minimum absolute atomic E-state index is 0.228. The lowest BCUT2D eigenvalue weighted by atomic mass is 10.0. The molecule has 0 radical (unpaired) electrons. The van der Waals surface area contributed by atoms with E-state index in [0.717, 1.165) is 52.6 Å². The molecule has 0 aromatic heterocycles. The molecule has 3 aromatic carbocycles. The maximum Gasteiger partial charge on any atom is 0.259 e. The summed E-state index contributed by atoms with van der Waals surface area (Å²) in [6, 6.07) is 15.4. The number of benzene rings is 3. The van der Waals surface area contributed by atoms with E-state index in [1.807, 2.05) is 48.5 Å². The van der Waals surface area contributed by atoms with Crippen molar-refractivity contribution >= 4 is 55.6 Å². The number of carbonyl (C=O) groups is 1. The van der Waals surface area contributed by atoms with Gasteiger partial charge in [0.15, 0.2) is 0 Å². The molecule has 6 heteroatoms. The summed E-state index contributed by atoms with van der Waals surface area (Å²) in [5, 5.41) is 5.68. The lowest BCUT2D eigenvalue weighted by Gasteiger charge is -2.31. The highest BCUT2D eigenvalue weighted by Crippen LogP contribution is 2.39. The van der Waals surface area contributed by atoms with E-state index < -0.39 is 0 Å². The summed E-state index contributed by atoms with van der Waals surface area (Å²) in [5.41, 5.74) is 2.08. The van der Waals surface area contributed by atoms with E-state index in [2.05, 4.69) is 26.1 Å². The standard InChI is InChI=1S/C23H22BrClN2O2/c1-29-22-17(14-15-8-3-4-9-16(15)20(22)24)23(28)26-19-11-7-10-18(25)21(19)27-12-5-2-6-13-27/h3-4,7-11,14H,2,5-6,12-13H2,1H3,(H,26,28). The number of methoxy groups -OCH3 is 1. The summed E-state index contributed by atoms with van der Waals surface area (Å²) >= 11 is 10.1. The Bertz CT molecular complexity index is 1060. The van der Waals surface area contributed by atoms with Gasteiger partial charge >= 0.3 is 0 Å². The van der Waals surface area contributed by atoms with Gasteiger partial charge in [-0.3, -0.25) is 4.79 Å². The number of fused-ring (bicyclic) bond motifs is 1. The summed E-state index contributed by atoms with van der Waals surface area (Å²) in [4.78, 5) is 15.5. The number of amides is 1. The molecule has 1 aliphatic rings. The Morgan fingerprint density at radius 1 is 1.10 bits per heavy atom. The lowest BCUT2D eigenvalue weighted by Crippen LogP contribution is -2.30. The summed E-state index contributed by atoms with van der Waals surface area (Å²) in [5.74, 6) is 0.288. The summed E-state index contributed by atoms with van der Waals surface area (Å²) in [7, 11) is 1.57. The summed E-state index contributed by atoms with van der Waals surface area (Å²) in [6.45, 7) is 1.88. The average Bonchev–Trinajstić information content (AvgIpc) is 2.74. The van der Waals surface area contributed by atoms with Gasteiger partial charge in [0.05, 0.1) is 33.5 Å². The third-order valence-corrected chi connectivity index (χ3v) is 6.39. The molecule has 0 saturated carbocycles. The number of ether oxygens (including phenoxy) is 1. The van der Waals surface area contributed by atoms with E-state index in [1.165, 1.54) is 6.42 Å². The molecule has 4 rings (SSSR count). The van der Waals surface area contributed by atoms with Gasteiger partial charge < -0.3 is 15.0 Å². The van der Waals surface area contributed by atoms with Crippen molar-refractivity contribution in [2.24, 2.45) is 0 Å². The number of carbonyl (C=O) groups excluding carboxylic acids is 1. The molecule has 1 heterocycles. The first-order valence-corrected chi connectivity index (χ1v) is 10.9. The second kappa shape index (κ2) is 8.64. The molecule has 0 unspecified atom stereocenters. The average molecular weight is 474 g/mol. The zero-order valence-corrected chi connectivity index (χ0v) is 18.5. The molecule has 0 aliphatic carbocycles. The number of anilines is 2. The number of rotatable bonds is 4. The van der Waals surface area contributed by atoms with Crippen molar-refractivity contribution in [3.8, 4) is 5.75 Å². The highest BCUT2D eigenvalue weighted by atomic mass is 79.9. The summed E-state index contributed by atoms with van der Waals surface area (Å²) in [6.07, 6.45) is 3.49. The van der Waals surface area contributed by atoms with Crippen LogP contribution in [0.25, 0.3) is 10.8 Å². The molecule has 3 aromatic rings. The number of hydrogen-bond acceptors (Lipinski definition) is 3. The molecule has 1 aliphatic heterocycles. The van der Waals surface area contributed by atoms with E-state index in [4.69, 9.17) is 16.3 Å². The highest BCUT2D eigenvalue weighted by molar-refractivity contribution is 9.10. The highest BCUT2D eigenvalue weighted by Gasteiger charge is 2.22. The van der Waals surface area contributed by atoms with Crippen molar-refractivity contribution in [3.05, 3.63) is 63.6 Å². The van der Waals surface area contributed by atoms with Gasteiger partial charge in [0, 0.05) is 13.1 Å². The van der Waals surface area contributed by atoms with E-state index in [0.29, 0.717) is 16.3 Å². The van der Waals surface area contributed by atoms with Gasteiger partial charge in [-0.05, 0) is 64.2 Å². The minimum Gasteiger partial charge on any atom is -0.495 e. The molecular weight excluding hydrogens is 452 g/mol. The number of para-hydroxylation sites is 1. The fraction of sp³-hybridized carbons (Fsp3) is 0.261. The molecule has 150 valence electrons. The van der Waals surface area contributed by atoms with Gasteiger partial charge in [-0.15, -0.1) is 0 Å². The Balaban J connectivity index is 1.73. The van der Waals surface area contributed by atoms with Crippen molar-refractivity contribution in [1.82, 2.24) is 0 Å². The van der Waals surface area contributed by atoms with Crippen LogP contribution in [0.1, 0.15) is 29.6 Å². The SMILES string of the molecule is COc1c(C(=O)Nc2cccc(Cl)c2N2CCCCC2)cc2ccccc2c1Br. The maximum atomic E-state index is 13.3. The molecule has 1 fully saturated rings. The zero-order valence-electron chi connectivity index (χ0n) is 16.2. The van der Waals surface area contributed by atoms with Crippen LogP contribution in [0, 0.1) is 0 Å². The number of nitrogens with one attached hydrogen (secondary N) is 1. The van der Waals surface area contributed by atoms with Gasteiger partial charge in [-0.1, -0.05) is 41.9 Å². The fourth-order valence-electron chi connectivity index (χ4n) is 3.90. The quantitative estimate of drug-likeness (QED) is 0.470. The second-order valence-electron chi connectivity index (χ2n) is 7.13. The normalized spacial score (nSPS) is 14.1. The van der Waals surface area contributed by atoms with Crippen LogP contribution in [0.3, 0.4) is 0 Å². The molecule has 4 nitrogen and oxygen atoms in total. The first kappa shape index (κ1) is 20.0. The lowest BCUT2D eigenvalue weighted by molar-refractivity contribution is 0.102. The molecular formula is C23H22BrClN2O2. The van der Waals surface area contributed by atoms with Crippen LogP contribution in [0.2, 0.25) is 5.02 Å².